The summed E-state index contributed by atoms with van der Waals surface area (Å²) in [6.07, 6.45) is 0.822. The third-order valence-electron chi connectivity index (χ3n) is 10.2. The first-order chi connectivity index (χ1) is 30.5. The second-order valence-electron chi connectivity index (χ2n) is 15.4. The highest BCUT2D eigenvalue weighted by atomic mass is 16.2. The van der Waals surface area contributed by atoms with E-state index in [9.17, 15) is 43.2 Å². The summed E-state index contributed by atoms with van der Waals surface area (Å²) in [4.78, 5) is 127. The number of para-hydroxylation sites is 1. The van der Waals surface area contributed by atoms with E-state index in [1.165, 1.54) is 0 Å². The summed E-state index contributed by atoms with van der Waals surface area (Å²) in [5.74, 6) is -7.79. The van der Waals surface area contributed by atoms with Gasteiger partial charge in [-0.15, -0.1) is 0 Å². The highest BCUT2D eigenvalue weighted by Gasteiger charge is 2.34. The van der Waals surface area contributed by atoms with E-state index < -0.39 is 102 Å². The van der Waals surface area contributed by atoms with Crippen molar-refractivity contribution in [3.05, 3.63) is 71.9 Å². The molecule has 0 bridgehead atoms. The number of aromatic amines is 1. The molecule has 16 N–H and O–H groups in total. The number of rotatable bonds is 12. The normalized spacial score (nSPS) is 22.3. The van der Waals surface area contributed by atoms with Gasteiger partial charge < -0.3 is 65.1 Å². The average molecular weight is 888 g/mol. The largest absolute Gasteiger partial charge is 0.370 e. The number of hydrogen-bond acceptors (Lipinski definition) is 10. The topological polar surface area (TPSA) is 370 Å². The van der Waals surface area contributed by atoms with Crippen LogP contribution in [0.15, 0.2) is 65.8 Å². The number of aromatic nitrogens is 1. The molecule has 9 amide bonds. The van der Waals surface area contributed by atoms with Gasteiger partial charge in [0.05, 0.1) is 12.8 Å². The Morgan fingerprint density at radius 1 is 0.719 bits per heavy atom. The molecule has 1 aliphatic heterocycles. The van der Waals surface area contributed by atoms with E-state index >= 15 is 0 Å². The van der Waals surface area contributed by atoms with Gasteiger partial charge in [0, 0.05) is 50.0 Å². The molecule has 1 aliphatic rings. The summed E-state index contributed by atoms with van der Waals surface area (Å²) in [6.45, 7) is 1.27. The first-order valence-electron chi connectivity index (χ1n) is 20.8. The standard InChI is InChI=1S/C42H57N13O9/c1-23(56)50-33-21-35(58)47-16-8-7-14-28(36(44)59)51-40(63)32(20-34(43)57)55-38(61)30(18-24-10-3-2-4-11-24)53-39(62)31(19-25-22-49-27-13-6-5-12-26(25)27)54-37(60)29(52-41(33)64)15-9-17-48-42(45)46/h2-6,10-13,22,28-33,49H,7-9,14-21H2,1H3,(H2,43,57)(H2,44,59)(H,47,58)(H,50,56)(H,51,63)(H,52,64)(H,53,62)(H,54,60)(H,55,61)(H4,45,46,48)/t28-,29-,30-,31-,32+,33-/m0/s1. The maximum atomic E-state index is 14.6. The number of nitrogens with one attached hydrogen (secondary N) is 8. The van der Waals surface area contributed by atoms with E-state index in [0.717, 1.165) is 17.8 Å². The highest BCUT2D eigenvalue weighted by Crippen LogP contribution is 2.20. The van der Waals surface area contributed by atoms with Crippen molar-refractivity contribution < 1.29 is 43.2 Å². The SMILES string of the molecule is CC(=O)N[C@H]1CC(=O)NCCCC[C@@H](C(N)=O)NC(=O)[C@@H](CC(N)=O)NC(=O)[C@H](Cc2ccccc2)NC(=O)[C@H](Cc2c[nH]c3ccccc23)NC(=O)[C@H](CCCN=C(N)N)NC1=O. The van der Waals surface area contributed by atoms with Crippen molar-refractivity contribution >= 4 is 70.0 Å². The van der Waals surface area contributed by atoms with Crippen molar-refractivity contribution in [1.82, 2.24) is 42.2 Å². The summed E-state index contributed by atoms with van der Waals surface area (Å²) in [5.41, 5.74) is 24.0. The second-order valence-corrected chi connectivity index (χ2v) is 15.4. The van der Waals surface area contributed by atoms with Crippen molar-refractivity contribution in [1.29, 1.82) is 0 Å². The lowest BCUT2D eigenvalue weighted by molar-refractivity contribution is -0.136. The van der Waals surface area contributed by atoms with Gasteiger partial charge in [0.2, 0.25) is 53.2 Å². The van der Waals surface area contributed by atoms with Gasteiger partial charge in [-0.3, -0.25) is 48.1 Å². The van der Waals surface area contributed by atoms with Crippen molar-refractivity contribution in [3.63, 3.8) is 0 Å². The summed E-state index contributed by atoms with van der Waals surface area (Å²) in [7, 11) is 0. The molecule has 0 unspecified atom stereocenters. The number of primary amides is 2. The van der Waals surface area contributed by atoms with E-state index in [2.05, 4.69) is 47.2 Å². The fraction of sp³-hybridized carbons (Fsp3) is 0.429. The Hall–Kier alpha value is -7.52. The van der Waals surface area contributed by atoms with Crippen LogP contribution in [0, 0.1) is 0 Å². The molecule has 6 atom stereocenters. The molecule has 64 heavy (non-hydrogen) atoms. The zero-order chi connectivity index (χ0) is 46.8. The Morgan fingerprint density at radius 2 is 1.33 bits per heavy atom. The second kappa shape index (κ2) is 24.2. The maximum absolute atomic E-state index is 14.6. The predicted molar refractivity (Wildman–Crippen MR) is 234 cm³/mol. The lowest BCUT2D eigenvalue weighted by Gasteiger charge is -2.27. The summed E-state index contributed by atoms with van der Waals surface area (Å²) < 4.78 is 0. The van der Waals surface area contributed by atoms with Crippen LogP contribution in [0.5, 0.6) is 0 Å². The molecular weight excluding hydrogens is 831 g/mol. The van der Waals surface area contributed by atoms with Gasteiger partial charge in [-0.05, 0) is 49.3 Å². The minimum Gasteiger partial charge on any atom is -0.370 e. The van der Waals surface area contributed by atoms with Crippen LogP contribution >= 0.6 is 0 Å². The average Bonchev–Trinajstić information content (AvgIpc) is 3.65. The molecule has 0 radical (unpaired) electrons. The number of aliphatic imine (C=N–C) groups is 1. The number of hydrogen-bond donors (Lipinski definition) is 12. The monoisotopic (exact) mass is 887 g/mol. The zero-order valence-corrected chi connectivity index (χ0v) is 35.4. The molecule has 2 heterocycles. The van der Waals surface area contributed by atoms with Crippen molar-refractivity contribution in [2.24, 2.45) is 27.9 Å². The Morgan fingerprint density at radius 3 is 1.98 bits per heavy atom. The molecule has 344 valence electrons. The number of nitrogens with two attached hydrogens (primary N) is 4. The summed E-state index contributed by atoms with van der Waals surface area (Å²) >= 11 is 0. The molecule has 0 saturated carbocycles. The molecule has 1 aromatic heterocycles. The van der Waals surface area contributed by atoms with Crippen LogP contribution < -0.4 is 60.2 Å². The fourth-order valence-corrected chi connectivity index (χ4v) is 7.03. The Kier molecular flexibility index (Phi) is 18.6. The van der Waals surface area contributed by atoms with Crippen LogP contribution in [0.25, 0.3) is 10.9 Å². The van der Waals surface area contributed by atoms with Gasteiger partial charge in [0.1, 0.15) is 36.3 Å². The third kappa shape index (κ3) is 15.7. The van der Waals surface area contributed by atoms with Crippen LogP contribution in [0.2, 0.25) is 0 Å². The van der Waals surface area contributed by atoms with Gasteiger partial charge in [0.15, 0.2) is 5.96 Å². The number of carbonyl (C=O) groups excluding carboxylic acids is 9. The highest BCUT2D eigenvalue weighted by molar-refractivity contribution is 5.99. The minimum absolute atomic E-state index is 0.00120. The predicted octanol–water partition coefficient (Wildman–Crippen LogP) is -3.01. The molecule has 1 fully saturated rings. The van der Waals surface area contributed by atoms with Crippen molar-refractivity contribution in [2.75, 3.05) is 13.1 Å². The van der Waals surface area contributed by atoms with Gasteiger partial charge >= 0.3 is 0 Å². The van der Waals surface area contributed by atoms with Crippen LogP contribution in [0.1, 0.15) is 63.0 Å². The van der Waals surface area contributed by atoms with E-state index in [0.29, 0.717) is 11.1 Å². The smallest absolute Gasteiger partial charge is 0.243 e. The van der Waals surface area contributed by atoms with E-state index in [1.54, 1.807) is 42.6 Å². The molecule has 22 heteroatoms. The number of benzene rings is 2. The number of H-pyrrole nitrogens is 1. The van der Waals surface area contributed by atoms with Crippen molar-refractivity contribution in [3.8, 4) is 0 Å². The van der Waals surface area contributed by atoms with Gasteiger partial charge in [-0.2, -0.15) is 0 Å². The number of amides is 9. The quantitative estimate of drug-likeness (QED) is 0.0494. The van der Waals surface area contributed by atoms with Crippen LogP contribution in [0.4, 0.5) is 0 Å². The van der Waals surface area contributed by atoms with E-state index in [1.807, 2.05) is 18.2 Å². The fourth-order valence-electron chi connectivity index (χ4n) is 7.03. The molecule has 2 aromatic carbocycles. The van der Waals surface area contributed by atoms with Gasteiger partial charge in [-0.1, -0.05) is 48.5 Å². The van der Waals surface area contributed by atoms with Crippen LogP contribution in [-0.4, -0.2) is 113 Å². The Bertz CT molecular complexity index is 2190. The number of guanidine groups is 1. The van der Waals surface area contributed by atoms with Gasteiger partial charge in [-0.25, -0.2) is 0 Å². The molecule has 0 spiro atoms. The lowest BCUT2D eigenvalue weighted by Crippen LogP contribution is -2.60. The first-order valence-corrected chi connectivity index (χ1v) is 20.8. The maximum Gasteiger partial charge on any atom is 0.243 e. The van der Waals surface area contributed by atoms with Gasteiger partial charge in [0.25, 0.3) is 0 Å². The van der Waals surface area contributed by atoms with E-state index in [4.69, 9.17) is 22.9 Å². The molecule has 4 rings (SSSR count). The molecule has 3 aromatic rings. The number of carbonyl (C=O) groups is 9. The summed E-state index contributed by atoms with van der Waals surface area (Å²) in [6, 6.07) is 7.28. The Labute approximate surface area is 368 Å². The number of fused-ring (bicyclic) bond motifs is 1. The molecule has 22 nitrogen and oxygen atoms in total. The summed E-state index contributed by atoms with van der Waals surface area (Å²) in [5, 5.41) is 18.8. The first kappa shape index (κ1) is 49.1. The zero-order valence-electron chi connectivity index (χ0n) is 35.4. The third-order valence-corrected chi connectivity index (χ3v) is 10.2. The minimum atomic E-state index is -1.61. The van der Waals surface area contributed by atoms with Crippen LogP contribution in [-0.2, 0) is 56.0 Å². The number of nitrogens with zero attached hydrogens (tertiary/aromatic N) is 1. The van der Waals surface area contributed by atoms with E-state index in [-0.39, 0.29) is 64.0 Å². The van der Waals surface area contributed by atoms with Crippen LogP contribution in [0.3, 0.4) is 0 Å². The molecule has 0 aliphatic carbocycles. The molecule has 1 saturated heterocycles. The van der Waals surface area contributed by atoms with Crippen molar-refractivity contribution in [2.45, 2.75) is 101 Å². The Balaban J connectivity index is 1.79. The lowest BCUT2D eigenvalue weighted by atomic mass is 10.0. The molecular formula is C42H57N13O9.